The van der Waals surface area contributed by atoms with Crippen molar-refractivity contribution in [2.24, 2.45) is 5.92 Å². The topological polar surface area (TPSA) is 55.9 Å². The minimum atomic E-state index is -0.298. The van der Waals surface area contributed by atoms with Gasteiger partial charge in [-0.3, -0.25) is 14.5 Å². The molecule has 0 aromatic heterocycles. The van der Waals surface area contributed by atoms with Crippen LogP contribution in [0.1, 0.15) is 6.42 Å². The van der Waals surface area contributed by atoms with E-state index in [2.05, 4.69) is 15.1 Å². The summed E-state index contributed by atoms with van der Waals surface area (Å²) in [6.45, 7) is 5.35. The summed E-state index contributed by atoms with van der Waals surface area (Å²) in [5.41, 5.74) is 1.88. The lowest BCUT2D eigenvalue weighted by Gasteiger charge is -2.36. The largest absolute Gasteiger partial charge is 0.369 e. The molecule has 1 N–H and O–H groups in total. The van der Waals surface area contributed by atoms with Gasteiger partial charge in [0.15, 0.2) is 0 Å². The third kappa shape index (κ3) is 4.79. The summed E-state index contributed by atoms with van der Waals surface area (Å²) in [7, 11) is 0. The molecule has 0 aliphatic carbocycles. The number of amides is 2. The van der Waals surface area contributed by atoms with Crippen molar-refractivity contribution in [2.75, 3.05) is 55.6 Å². The number of benzene rings is 2. The number of hydrogen-bond acceptors (Lipinski definition) is 4. The second-order valence-corrected chi connectivity index (χ2v) is 7.84. The van der Waals surface area contributed by atoms with E-state index in [1.54, 1.807) is 4.90 Å². The van der Waals surface area contributed by atoms with Gasteiger partial charge in [0.2, 0.25) is 11.8 Å². The van der Waals surface area contributed by atoms with Crippen molar-refractivity contribution >= 4 is 23.2 Å². The lowest BCUT2D eigenvalue weighted by molar-refractivity contribution is -0.126. The first-order valence-corrected chi connectivity index (χ1v) is 10.5. The standard InChI is InChI=1S/C23H27FN4O2/c24-19-6-8-20(9-7-19)27-14-12-26(13-15-27)11-10-25-23(30)18-16-22(29)28(17-18)21-4-2-1-3-5-21/h1-9,18H,10-17H2,(H,25,30). The number of nitrogens with zero attached hydrogens (tertiary/aromatic N) is 3. The van der Waals surface area contributed by atoms with Crippen LogP contribution in [-0.2, 0) is 9.59 Å². The molecule has 2 aliphatic rings. The minimum Gasteiger partial charge on any atom is -0.369 e. The van der Waals surface area contributed by atoms with Gasteiger partial charge in [0.1, 0.15) is 5.82 Å². The quantitative estimate of drug-likeness (QED) is 0.793. The van der Waals surface area contributed by atoms with E-state index in [9.17, 15) is 14.0 Å². The van der Waals surface area contributed by atoms with E-state index in [0.717, 1.165) is 44.1 Å². The second kappa shape index (κ2) is 9.26. The first-order valence-electron chi connectivity index (χ1n) is 10.5. The molecular formula is C23H27FN4O2. The summed E-state index contributed by atoms with van der Waals surface area (Å²) < 4.78 is 13.1. The van der Waals surface area contributed by atoms with Crippen LogP contribution in [0.4, 0.5) is 15.8 Å². The van der Waals surface area contributed by atoms with Crippen LogP contribution in [0, 0.1) is 11.7 Å². The van der Waals surface area contributed by atoms with Crippen LogP contribution in [0.5, 0.6) is 0 Å². The molecule has 2 amide bonds. The molecule has 0 spiro atoms. The van der Waals surface area contributed by atoms with E-state index in [-0.39, 0.29) is 30.0 Å². The van der Waals surface area contributed by atoms with Crippen molar-refractivity contribution < 1.29 is 14.0 Å². The molecule has 0 saturated carbocycles. The maximum atomic E-state index is 13.1. The zero-order chi connectivity index (χ0) is 20.9. The second-order valence-electron chi connectivity index (χ2n) is 7.84. The van der Waals surface area contributed by atoms with Gasteiger partial charge in [-0.2, -0.15) is 0 Å². The fourth-order valence-corrected chi connectivity index (χ4v) is 4.10. The number of carbonyl (C=O) groups is 2. The highest BCUT2D eigenvalue weighted by Gasteiger charge is 2.34. The maximum absolute atomic E-state index is 13.1. The molecule has 1 atom stereocenters. The van der Waals surface area contributed by atoms with Crippen LogP contribution >= 0.6 is 0 Å². The van der Waals surface area contributed by atoms with Crippen LogP contribution in [0.25, 0.3) is 0 Å². The average molecular weight is 410 g/mol. The Bertz CT molecular complexity index is 867. The van der Waals surface area contributed by atoms with Gasteiger partial charge in [0, 0.05) is 63.6 Å². The predicted octanol–water partition coefficient (Wildman–Crippen LogP) is 2.12. The number of anilines is 2. The highest BCUT2D eigenvalue weighted by Crippen LogP contribution is 2.24. The Kier molecular flexibility index (Phi) is 6.28. The number of rotatable bonds is 6. The molecule has 0 radical (unpaired) electrons. The fraction of sp³-hybridized carbons (Fsp3) is 0.391. The van der Waals surface area contributed by atoms with E-state index in [4.69, 9.17) is 0 Å². The maximum Gasteiger partial charge on any atom is 0.227 e. The molecule has 7 heteroatoms. The first-order chi connectivity index (χ1) is 14.6. The number of piperazine rings is 1. The van der Waals surface area contributed by atoms with Gasteiger partial charge in [-0.1, -0.05) is 18.2 Å². The zero-order valence-electron chi connectivity index (χ0n) is 17.0. The van der Waals surface area contributed by atoms with E-state index in [1.165, 1.54) is 12.1 Å². The smallest absolute Gasteiger partial charge is 0.227 e. The molecule has 2 heterocycles. The van der Waals surface area contributed by atoms with E-state index >= 15 is 0 Å². The summed E-state index contributed by atoms with van der Waals surface area (Å²) in [5, 5.41) is 3.00. The number of hydrogen-bond donors (Lipinski definition) is 1. The van der Waals surface area contributed by atoms with Gasteiger partial charge in [0.05, 0.1) is 5.92 Å². The Hall–Kier alpha value is -2.93. The Balaban J connectivity index is 1.18. The van der Waals surface area contributed by atoms with Crippen molar-refractivity contribution in [3.05, 3.63) is 60.4 Å². The molecule has 0 bridgehead atoms. The highest BCUT2D eigenvalue weighted by molar-refractivity contribution is 6.00. The van der Waals surface area contributed by atoms with Crippen LogP contribution in [0.2, 0.25) is 0 Å². The monoisotopic (exact) mass is 410 g/mol. The number of carbonyl (C=O) groups excluding carboxylic acids is 2. The normalized spacial score (nSPS) is 19.9. The Morgan fingerprint density at radius 2 is 1.67 bits per heavy atom. The summed E-state index contributed by atoms with van der Waals surface area (Å²) >= 11 is 0. The van der Waals surface area contributed by atoms with Gasteiger partial charge in [-0.05, 0) is 36.4 Å². The van der Waals surface area contributed by atoms with Crippen molar-refractivity contribution in [1.82, 2.24) is 10.2 Å². The molecule has 30 heavy (non-hydrogen) atoms. The number of nitrogens with one attached hydrogen (secondary N) is 1. The molecule has 2 aromatic carbocycles. The lowest BCUT2D eigenvalue weighted by Crippen LogP contribution is -2.48. The Morgan fingerprint density at radius 1 is 0.967 bits per heavy atom. The molecule has 2 fully saturated rings. The third-order valence-electron chi connectivity index (χ3n) is 5.86. The van der Waals surface area contributed by atoms with Crippen LogP contribution in [0.15, 0.2) is 54.6 Å². The van der Waals surface area contributed by atoms with Gasteiger partial charge in [-0.15, -0.1) is 0 Å². The van der Waals surface area contributed by atoms with Crippen LogP contribution in [0.3, 0.4) is 0 Å². The number of para-hydroxylation sites is 1. The van der Waals surface area contributed by atoms with Gasteiger partial charge < -0.3 is 15.1 Å². The summed E-state index contributed by atoms with van der Waals surface area (Å²) in [6.07, 6.45) is 0.261. The molecule has 1 unspecified atom stereocenters. The summed E-state index contributed by atoms with van der Waals surface area (Å²) in [4.78, 5) is 31.1. The SMILES string of the molecule is O=C(NCCN1CCN(c2ccc(F)cc2)CC1)C1CC(=O)N(c2ccccc2)C1. The fourth-order valence-electron chi connectivity index (χ4n) is 4.10. The van der Waals surface area contributed by atoms with Crippen LogP contribution in [-0.4, -0.2) is 62.5 Å². The van der Waals surface area contributed by atoms with Crippen LogP contribution < -0.4 is 15.1 Å². The van der Waals surface area contributed by atoms with Gasteiger partial charge >= 0.3 is 0 Å². The molecule has 4 rings (SSSR count). The van der Waals surface area contributed by atoms with Gasteiger partial charge in [-0.25, -0.2) is 4.39 Å². The van der Waals surface area contributed by atoms with E-state index in [0.29, 0.717) is 13.1 Å². The Labute approximate surface area is 176 Å². The van der Waals surface area contributed by atoms with E-state index < -0.39 is 0 Å². The average Bonchev–Trinajstić information content (AvgIpc) is 3.17. The highest BCUT2D eigenvalue weighted by atomic mass is 19.1. The van der Waals surface area contributed by atoms with Crippen molar-refractivity contribution in [3.8, 4) is 0 Å². The summed E-state index contributed by atoms with van der Waals surface area (Å²) in [5.74, 6) is -0.568. The molecule has 2 saturated heterocycles. The molecule has 6 nitrogen and oxygen atoms in total. The van der Waals surface area contributed by atoms with E-state index in [1.807, 2.05) is 42.5 Å². The third-order valence-corrected chi connectivity index (χ3v) is 5.86. The minimum absolute atomic E-state index is 0.00161. The number of halogens is 1. The zero-order valence-corrected chi connectivity index (χ0v) is 17.0. The molecule has 158 valence electrons. The summed E-state index contributed by atoms with van der Waals surface area (Å²) in [6, 6.07) is 16.1. The van der Waals surface area contributed by atoms with Crippen molar-refractivity contribution in [2.45, 2.75) is 6.42 Å². The predicted molar refractivity (Wildman–Crippen MR) is 115 cm³/mol. The molecule has 2 aliphatic heterocycles. The van der Waals surface area contributed by atoms with Crippen molar-refractivity contribution in [1.29, 1.82) is 0 Å². The first kappa shape index (κ1) is 20.3. The molecule has 2 aromatic rings. The Morgan fingerprint density at radius 3 is 2.37 bits per heavy atom. The molecular weight excluding hydrogens is 383 g/mol. The van der Waals surface area contributed by atoms with Gasteiger partial charge in [0.25, 0.3) is 0 Å². The lowest BCUT2D eigenvalue weighted by atomic mass is 10.1. The van der Waals surface area contributed by atoms with Crippen molar-refractivity contribution in [3.63, 3.8) is 0 Å².